The van der Waals surface area contributed by atoms with Crippen molar-refractivity contribution in [3.8, 4) is 0 Å². The van der Waals surface area contributed by atoms with Gasteiger partial charge in [-0.2, -0.15) is 11.8 Å². The Bertz CT molecular complexity index is 148. The van der Waals surface area contributed by atoms with Gasteiger partial charge in [0.25, 0.3) is 0 Å². The maximum absolute atomic E-state index is 10.6. The van der Waals surface area contributed by atoms with Crippen LogP contribution < -0.4 is 5.73 Å². The van der Waals surface area contributed by atoms with E-state index in [0.717, 1.165) is 17.9 Å². The monoisotopic (exact) mass is 191 g/mol. The lowest BCUT2D eigenvalue weighted by Crippen LogP contribution is -2.45. The molecule has 0 saturated heterocycles. The number of aliphatic carboxylic acids is 1. The fourth-order valence-corrected chi connectivity index (χ4v) is 1.70. The van der Waals surface area contributed by atoms with Crippen LogP contribution in [0.25, 0.3) is 0 Å². The molecule has 0 aliphatic carbocycles. The second-order valence-corrected chi connectivity index (χ2v) is 4.31. The van der Waals surface area contributed by atoms with Gasteiger partial charge in [0.1, 0.15) is 5.54 Å². The molecule has 12 heavy (non-hydrogen) atoms. The van der Waals surface area contributed by atoms with Crippen LogP contribution in [-0.4, -0.2) is 28.1 Å². The number of carboxylic acids is 1. The first kappa shape index (κ1) is 11.8. The van der Waals surface area contributed by atoms with Crippen molar-refractivity contribution < 1.29 is 9.90 Å². The molecule has 0 spiro atoms. The van der Waals surface area contributed by atoms with Gasteiger partial charge in [0, 0.05) is 0 Å². The molecule has 0 amide bonds. The number of nitrogens with two attached hydrogens (primary N) is 1. The highest BCUT2D eigenvalue weighted by molar-refractivity contribution is 7.99. The number of thioether (sulfide) groups is 1. The fourth-order valence-electron chi connectivity index (χ4n) is 0.638. The smallest absolute Gasteiger partial charge is 0.323 e. The van der Waals surface area contributed by atoms with Crippen molar-refractivity contribution in [2.24, 2.45) is 5.73 Å². The summed E-state index contributed by atoms with van der Waals surface area (Å²) in [7, 11) is 0. The van der Waals surface area contributed by atoms with Gasteiger partial charge >= 0.3 is 5.97 Å². The number of hydrogen-bond acceptors (Lipinski definition) is 3. The molecule has 72 valence electrons. The van der Waals surface area contributed by atoms with E-state index in [0.29, 0.717) is 6.42 Å². The standard InChI is InChI=1S/C8H17NO2S/c1-3-5-12-6-4-8(2,9)7(10)11/h3-6,9H2,1-2H3,(H,10,11). The second-order valence-electron chi connectivity index (χ2n) is 3.08. The summed E-state index contributed by atoms with van der Waals surface area (Å²) in [6.45, 7) is 3.66. The summed E-state index contributed by atoms with van der Waals surface area (Å²) in [6.07, 6.45) is 1.66. The molecule has 0 aromatic carbocycles. The average molecular weight is 191 g/mol. The Hall–Kier alpha value is -0.220. The molecule has 0 saturated carbocycles. The molecule has 0 heterocycles. The van der Waals surface area contributed by atoms with Gasteiger partial charge in [-0.1, -0.05) is 6.92 Å². The third-order valence-corrected chi connectivity index (χ3v) is 2.79. The summed E-state index contributed by atoms with van der Waals surface area (Å²) < 4.78 is 0. The zero-order chi connectivity index (χ0) is 9.61. The highest BCUT2D eigenvalue weighted by atomic mass is 32.2. The minimum atomic E-state index is -1.05. The Kier molecular flexibility index (Phi) is 5.33. The largest absolute Gasteiger partial charge is 0.480 e. The maximum atomic E-state index is 10.6. The van der Waals surface area contributed by atoms with E-state index in [1.807, 2.05) is 0 Å². The Morgan fingerprint density at radius 1 is 1.58 bits per heavy atom. The van der Waals surface area contributed by atoms with Crippen LogP contribution in [0.15, 0.2) is 0 Å². The first-order valence-electron chi connectivity index (χ1n) is 4.10. The summed E-state index contributed by atoms with van der Waals surface area (Å²) >= 11 is 1.75. The minimum Gasteiger partial charge on any atom is -0.480 e. The van der Waals surface area contributed by atoms with Crippen LogP contribution in [0.3, 0.4) is 0 Å². The normalized spacial score (nSPS) is 15.6. The Morgan fingerprint density at radius 2 is 2.17 bits per heavy atom. The van der Waals surface area contributed by atoms with Crippen molar-refractivity contribution in [2.45, 2.75) is 32.2 Å². The molecular weight excluding hydrogens is 174 g/mol. The van der Waals surface area contributed by atoms with Crippen LogP contribution >= 0.6 is 11.8 Å². The molecule has 0 aliphatic rings. The van der Waals surface area contributed by atoms with Crippen LogP contribution in [0.5, 0.6) is 0 Å². The highest BCUT2D eigenvalue weighted by Gasteiger charge is 2.26. The van der Waals surface area contributed by atoms with Gasteiger partial charge in [0.05, 0.1) is 0 Å². The summed E-state index contributed by atoms with van der Waals surface area (Å²) in [5.74, 6) is 0.989. The zero-order valence-electron chi connectivity index (χ0n) is 7.67. The molecule has 0 aromatic heterocycles. The first-order chi connectivity index (χ1) is 5.50. The van der Waals surface area contributed by atoms with Gasteiger partial charge in [-0.25, -0.2) is 0 Å². The van der Waals surface area contributed by atoms with E-state index in [2.05, 4.69) is 6.92 Å². The minimum absolute atomic E-state index is 0.535. The lowest BCUT2D eigenvalue weighted by Gasteiger charge is -2.18. The third kappa shape index (κ3) is 4.62. The van der Waals surface area contributed by atoms with Crippen molar-refractivity contribution >= 4 is 17.7 Å². The summed E-state index contributed by atoms with van der Waals surface area (Å²) in [4.78, 5) is 10.6. The van der Waals surface area contributed by atoms with Gasteiger partial charge in [0.2, 0.25) is 0 Å². The van der Waals surface area contributed by atoms with E-state index in [1.54, 1.807) is 18.7 Å². The van der Waals surface area contributed by atoms with Crippen molar-refractivity contribution in [2.75, 3.05) is 11.5 Å². The summed E-state index contributed by atoms with van der Waals surface area (Å²) in [5.41, 5.74) is 4.47. The quantitative estimate of drug-likeness (QED) is 0.622. The van der Waals surface area contributed by atoms with Gasteiger partial charge in [0.15, 0.2) is 0 Å². The molecule has 0 rings (SSSR count). The Labute approximate surface area is 77.7 Å². The van der Waals surface area contributed by atoms with Gasteiger partial charge in [-0.15, -0.1) is 0 Å². The molecule has 0 aromatic rings. The van der Waals surface area contributed by atoms with Crippen molar-refractivity contribution in [3.63, 3.8) is 0 Å². The average Bonchev–Trinajstić information content (AvgIpc) is 1.98. The van der Waals surface area contributed by atoms with Crippen LogP contribution in [-0.2, 0) is 4.79 Å². The number of carboxylic acid groups (broad SMARTS) is 1. The topological polar surface area (TPSA) is 63.3 Å². The van der Waals surface area contributed by atoms with E-state index in [1.165, 1.54) is 0 Å². The number of rotatable bonds is 6. The molecule has 0 bridgehead atoms. The maximum Gasteiger partial charge on any atom is 0.323 e. The molecule has 0 radical (unpaired) electrons. The van der Waals surface area contributed by atoms with Crippen LogP contribution in [0.2, 0.25) is 0 Å². The van der Waals surface area contributed by atoms with Gasteiger partial charge in [-0.3, -0.25) is 4.79 Å². The molecule has 4 heteroatoms. The predicted molar refractivity (Wildman–Crippen MR) is 52.5 cm³/mol. The first-order valence-corrected chi connectivity index (χ1v) is 5.26. The predicted octanol–water partition coefficient (Wildman–Crippen LogP) is 1.32. The third-order valence-electron chi connectivity index (χ3n) is 1.60. The number of carbonyl (C=O) groups is 1. The summed E-state index contributed by atoms with van der Waals surface area (Å²) in [5, 5.41) is 8.66. The van der Waals surface area contributed by atoms with Crippen molar-refractivity contribution in [3.05, 3.63) is 0 Å². The fraction of sp³-hybridized carbons (Fsp3) is 0.875. The van der Waals surface area contributed by atoms with E-state index < -0.39 is 11.5 Å². The van der Waals surface area contributed by atoms with E-state index in [-0.39, 0.29) is 0 Å². The van der Waals surface area contributed by atoms with Gasteiger partial charge in [-0.05, 0) is 31.3 Å². The lowest BCUT2D eigenvalue weighted by atomic mass is 10.0. The van der Waals surface area contributed by atoms with E-state index >= 15 is 0 Å². The molecule has 3 nitrogen and oxygen atoms in total. The molecular formula is C8H17NO2S. The molecule has 1 unspecified atom stereocenters. The molecule has 3 N–H and O–H groups in total. The highest BCUT2D eigenvalue weighted by Crippen LogP contribution is 2.12. The Morgan fingerprint density at radius 3 is 2.58 bits per heavy atom. The van der Waals surface area contributed by atoms with Crippen molar-refractivity contribution in [1.82, 2.24) is 0 Å². The SMILES string of the molecule is CCCSCCC(C)(N)C(=O)O. The van der Waals surface area contributed by atoms with Crippen LogP contribution in [0.1, 0.15) is 26.7 Å². The van der Waals surface area contributed by atoms with E-state index in [4.69, 9.17) is 10.8 Å². The van der Waals surface area contributed by atoms with Crippen LogP contribution in [0, 0.1) is 0 Å². The Balaban J connectivity index is 3.54. The molecule has 0 aliphatic heterocycles. The number of hydrogen-bond donors (Lipinski definition) is 2. The second kappa shape index (κ2) is 5.43. The van der Waals surface area contributed by atoms with Gasteiger partial charge < -0.3 is 10.8 Å². The lowest BCUT2D eigenvalue weighted by molar-refractivity contribution is -0.142. The zero-order valence-corrected chi connectivity index (χ0v) is 8.49. The summed E-state index contributed by atoms with van der Waals surface area (Å²) in [6, 6.07) is 0. The molecule has 1 atom stereocenters. The van der Waals surface area contributed by atoms with Crippen LogP contribution in [0.4, 0.5) is 0 Å². The van der Waals surface area contributed by atoms with E-state index in [9.17, 15) is 4.79 Å². The van der Waals surface area contributed by atoms with Crippen molar-refractivity contribution in [1.29, 1.82) is 0 Å². The molecule has 0 fully saturated rings.